The number of hydrogen-bond donors (Lipinski definition) is 3. The summed E-state index contributed by atoms with van der Waals surface area (Å²) in [5.74, 6) is -1.13. The van der Waals surface area contributed by atoms with E-state index < -0.39 is 60.4 Å². The van der Waals surface area contributed by atoms with E-state index >= 15 is 0 Å². The summed E-state index contributed by atoms with van der Waals surface area (Å²) in [4.78, 5) is 12.7. The predicted octanol–water partition coefficient (Wildman–Crippen LogP) is 4.63. The highest BCUT2D eigenvalue weighted by Crippen LogP contribution is 2.43. The number of anilines is 1. The number of carbonyl (C=O) groups excluding carboxylic acids is 1. The molecule has 2 aromatic rings. The normalized spacial score (nSPS) is 21.1. The van der Waals surface area contributed by atoms with Gasteiger partial charge in [0.05, 0.1) is 23.4 Å². The minimum absolute atomic E-state index is 0.102. The van der Waals surface area contributed by atoms with E-state index in [0.717, 1.165) is 18.2 Å². The molecule has 2 atom stereocenters. The summed E-state index contributed by atoms with van der Waals surface area (Å²) in [5, 5.41) is 14.7. The van der Waals surface area contributed by atoms with Crippen LogP contribution in [0.4, 0.5) is 36.8 Å². The average molecular weight is 474 g/mol. The van der Waals surface area contributed by atoms with Gasteiger partial charge in [-0.15, -0.1) is 0 Å². The van der Waals surface area contributed by atoms with Crippen molar-refractivity contribution in [3.05, 3.63) is 58.4 Å². The Morgan fingerprint density at radius 2 is 1.88 bits per heavy atom. The first-order valence-corrected chi connectivity index (χ1v) is 10.1. The number of ether oxygens (including phenoxy) is 1. The topological polar surface area (TPSA) is 70.6 Å². The van der Waals surface area contributed by atoms with Crippen LogP contribution in [0.15, 0.2) is 30.3 Å². The van der Waals surface area contributed by atoms with Crippen molar-refractivity contribution in [3.8, 4) is 5.75 Å². The summed E-state index contributed by atoms with van der Waals surface area (Å²) in [6, 6.07) is 3.10. The van der Waals surface area contributed by atoms with Crippen LogP contribution in [0, 0.1) is 5.82 Å². The van der Waals surface area contributed by atoms with Gasteiger partial charge < -0.3 is 20.5 Å². The molecule has 1 aliphatic carbocycles. The number of carbonyl (C=O) groups is 1. The van der Waals surface area contributed by atoms with Crippen LogP contribution >= 0.6 is 0 Å². The minimum atomic E-state index is -4.71. The number of aliphatic hydroxyl groups is 1. The lowest BCUT2D eigenvalue weighted by molar-refractivity contribution is -0.137. The van der Waals surface area contributed by atoms with Gasteiger partial charge in [-0.25, -0.2) is 18.0 Å². The van der Waals surface area contributed by atoms with Gasteiger partial charge in [0.25, 0.3) is 0 Å². The molecule has 0 aromatic heterocycles. The van der Waals surface area contributed by atoms with Crippen molar-refractivity contribution < 1.29 is 41.0 Å². The van der Waals surface area contributed by atoms with E-state index in [1.165, 1.54) is 6.07 Å². The van der Waals surface area contributed by atoms with E-state index in [2.05, 4.69) is 10.6 Å². The summed E-state index contributed by atoms with van der Waals surface area (Å²) < 4.78 is 86.3. The molecule has 33 heavy (non-hydrogen) atoms. The Morgan fingerprint density at radius 3 is 2.55 bits per heavy atom. The van der Waals surface area contributed by atoms with Gasteiger partial charge in [-0.05, 0) is 35.7 Å². The van der Waals surface area contributed by atoms with Crippen molar-refractivity contribution in [3.63, 3.8) is 0 Å². The van der Waals surface area contributed by atoms with Crippen molar-refractivity contribution in [2.24, 2.45) is 0 Å². The van der Waals surface area contributed by atoms with E-state index in [-0.39, 0.29) is 24.1 Å². The lowest BCUT2D eigenvalue weighted by atomic mass is 9.88. The molecule has 2 aliphatic rings. The number of amides is 2. The maximum absolute atomic E-state index is 14.4. The first-order chi connectivity index (χ1) is 15.5. The van der Waals surface area contributed by atoms with E-state index in [1.54, 1.807) is 0 Å². The van der Waals surface area contributed by atoms with Gasteiger partial charge in [0.15, 0.2) is 5.60 Å². The molecule has 2 amide bonds. The number of halogens is 6. The molecule has 0 saturated carbocycles. The average Bonchev–Trinajstić information content (AvgIpc) is 3.15. The Balaban J connectivity index is 1.62. The quantitative estimate of drug-likeness (QED) is 0.567. The Kier molecular flexibility index (Phi) is 5.94. The smallest absolute Gasteiger partial charge is 0.416 e. The van der Waals surface area contributed by atoms with Crippen LogP contribution in [0.5, 0.6) is 5.75 Å². The SMILES string of the molecule is O=C(Nc1c(F)ccc2c1C[C@@H](O)C2)N[C@@H]1CC(CF)(CF)Oc2cc(C(F)(F)F)ccc21. The minimum Gasteiger partial charge on any atom is -0.481 e. The fourth-order valence-corrected chi connectivity index (χ4v) is 4.26. The summed E-state index contributed by atoms with van der Waals surface area (Å²) in [7, 11) is 0. The number of rotatable bonds is 4. The number of urea groups is 1. The molecule has 0 radical (unpaired) electrons. The van der Waals surface area contributed by atoms with Crippen LogP contribution in [0.3, 0.4) is 0 Å². The van der Waals surface area contributed by atoms with Gasteiger partial charge in [0.1, 0.15) is 24.9 Å². The number of fused-ring (bicyclic) bond motifs is 2. The molecule has 0 fully saturated rings. The first kappa shape index (κ1) is 23.2. The summed E-state index contributed by atoms with van der Waals surface area (Å²) in [6.45, 7) is -2.67. The predicted molar refractivity (Wildman–Crippen MR) is 106 cm³/mol. The van der Waals surface area contributed by atoms with Gasteiger partial charge in [-0.3, -0.25) is 0 Å². The Morgan fingerprint density at radius 1 is 1.15 bits per heavy atom. The molecule has 0 unspecified atom stereocenters. The van der Waals surface area contributed by atoms with Crippen LogP contribution in [-0.2, 0) is 19.0 Å². The Hall–Kier alpha value is -2.95. The van der Waals surface area contributed by atoms with Crippen LogP contribution in [-0.4, -0.2) is 36.2 Å². The van der Waals surface area contributed by atoms with E-state index in [9.17, 15) is 36.2 Å². The van der Waals surface area contributed by atoms with Gasteiger partial charge in [-0.2, -0.15) is 13.2 Å². The molecular formula is C22H20F6N2O3. The highest BCUT2D eigenvalue weighted by atomic mass is 19.4. The monoisotopic (exact) mass is 474 g/mol. The van der Waals surface area contributed by atoms with E-state index in [4.69, 9.17) is 4.74 Å². The van der Waals surface area contributed by atoms with Crippen LogP contribution in [0.25, 0.3) is 0 Å². The Labute approximate surface area is 184 Å². The highest BCUT2D eigenvalue weighted by Gasteiger charge is 2.43. The number of alkyl halides is 5. The lowest BCUT2D eigenvalue weighted by Gasteiger charge is -2.39. The molecule has 0 saturated heterocycles. The molecule has 5 nitrogen and oxygen atoms in total. The van der Waals surface area contributed by atoms with Crippen molar-refractivity contribution in [2.45, 2.75) is 43.2 Å². The summed E-state index contributed by atoms with van der Waals surface area (Å²) in [6.07, 6.45) is -5.38. The molecule has 0 bridgehead atoms. The highest BCUT2D eigenvalue weighted by molar-refractivity contribution is 5.91. The van der Waals surface area contributed by atoms with Gasteiger partial charge in [-0.1, -0.05) is 12.1 Å². The number of aliphatic hydroxyl groups excluding tert-OH is 1. The third-order valence-electron chi connectivity index (χ3n) is 5.90. The van der Waals surface area contributed by atoms with Crippen molar-refractivity contribution in [1.82, 2.24) is 5.32 Å². The van der Waals surface area contributed by atoms with Crippen molar-refractivity contribution in [1.29, 1.82) is 0 Å². The number of hydrogen-bond acceptors (Lipinski definition) is 3. The van der Waals surface area contributed by atoms with Gasteiger partial charge in [0.2, 0.25) is 0 Å². The van der Waals surface area contributed by atoms with Crippen LogP contribution in [0.2, 0.25) is 0 Å². The zero-order valence-corrected chi connectivity index (χ0v) is 17.1. The van der Waals surface area contributed by atoms with E-state index in [1.807, 2.05) is 0 Å². The standard InChI is InChI=1S/C22H20F6N2O3/c23-9-21(10-24)8-17(14-3-2-12(22(26,27)28)6-18(14)33-21)29-20(32)30-19-15-7-13(31)5-11(15)1-4-16(19)25/h1-4,6,13,17,31H,5,7-10H2,(H2,29,30,32)/t13-,17+/m0/s1. The molecule has 178 valence electrons. The fraction of sp³-hybridized carbons (Fsp3) is 0.409. The number of benzene rings is 2. The molecular weight excluding hydrogens is 454 g/mol. The fourth-order valence-electron chi connectivity index (χ4n) is 4.26. The first-order valence-electron chi connectivity index (χ1n) is 10.1. The molecule has 3 N–H and O–H groups in total. The van der Waals surface area contributed by atoms with Crippen LogP contribution in [0.1, 0.15) is 34.7 Å². The van der Waals surface area contributed by atoms with Gasteiger partial charge >= 0.3 is 12.2 Å². The second-order valence-corrected chi connectivity index (χ2v) is 8.28. The van der Waals surface area contributed by atoms with Crippen molar-refractivity contribution >= 4 is 11.7 Å². The second kappa shape index (κ2) is 8.44. The maximum Gasteiger partial charge on any atom is 0.416 e. The molecule has 1 heterocycles. The summed E-state index contributed by atoms with van der Waals surface area (Å²) in [5.41, 5.74) is -2.07. The zero-order chi connectivity index (χ0) is 24.0. The molecule has 4 rings (SSSR count). The maximum atomic E-state index is 14.4. The largest absolute Gasteiger partial charge is 0.481 e. The Bertz CT molecular complexity index is 1070. The third kappa shape index (κ3) is 4.46. The molecule has 1 aliphatic heterocycles. The molecule has 2 aromatic carbocycles. The lowest BCUT2D eigenvalue weighted by Crippen LogP contribution is -2.49. The zero-order valence-electron chi connectivity index (χ0n) is 17.1. The van der Waals surface area contributed by atoms with Gasteiger partial charge in [0, 0.05) is 18.4 Å². The molecule has 11 heteroatoms. The number of nitrogens with one attached hydrogen (secondary N) is 2. The third-order valence-corrected chi connectivity index (χ3v) is 5.90. The van der Waals surface area contributed by atoms with Crippen molar-refractivity contribution in [2.75, 3.05) is 18.7 Å². The van der Waals surface area contributed by atoms with Crippen LogP contribution < -0.4 is 15.4 Å². The van der Waals surface area contributed by atoms with E-state index in [0.29, 0.717) is 23.6 Å². The summed E-state index contributed by atoms with van der Waals surface area (Å²) >= 11 is 0. The second-order valence-electron chi connectivity index (χ2n) is 8.28. The molecule has 0 spiro atoms.